The van der Waals surface area contributed by atoms with Crippen LogP contribution in [0.2, 0.25) is 0 Å². The van der Waals surface area contributed by atoms with Crippen LogP contribution in [0.1, 0.15) is 27.2 Å². The molecule has 0 aromatic carbocycles. The zero-order valence-electron chi connectivity index (χ0n) is 8.35. The smallest absolute Gasteiger partial charge is 0.311 e. The van der Waals surface area contributed by atoms with Crippen LogP contribution in [0, 0.1) is 5.41 Å². The molecule has 0 unspecified atom stereocenters. The Bertz CT molecular complexity index is 141. The first kappa shape index (κ1) is 11.4. The summed E-state index contributed by atoms with van der Waals surface area (Å²) >= 11 is 0. The van der Waals surface area contributed by atoms with Crippen LogP contribution in [-0.2, 0) is 14.3 Å². The van der Waals surface area contributed by atoms with E-state index in [9.17, 15) is 4.79 Å². The van der Waals surface area contributed by atoms with Crippen molar-refractivity contribution in [3.63, 3.8) is 0 Å². The maximum absolute atomic E-state index is 11.1. The van der Waals surface area contributed by atoms with Crippen molar-refractivity contribution in [3.8, 4) is 0 Å². The second-order valence-electron chi connectivity index (χ2n) is 3.32. The van der Waals surface area contributed by atoms with Gasteiger partial charge in [-0.25, -0.2) is 0 Å². The number of hydrogen-bond donors (Lipinski definition) is 0. The molecule has 0 heterocycles. The van der Waals surface area contributed by atoms with Gasteiger partial charge in [0.15, 0.2) is 0 Å². The number of carbonyl (C=O) groups is 1. The second kappa shape index (κ2) is 5.14. The number of methoxy groups -OCH3 is 1. The molecule has 3 nitrogen and oxygen atoms in total. The molecule has 0 aliphatic heterocycles. The van der Waals surface area contributed by atoms with Crippen molar-refractivity contribution in [1.29, 1.82) is 0 Å². The summed E-state index contributed by atoms with van der Waals surface area (Å²) < 4.78 is 9.81. The molecule has 0 saturated heterocycles. The highest BCUT2D eigenvalue weighted by molar-refractivity contribution is 5.75. The highest BCUT2D eigenvalue weighted by Gasteiger charge is 2.27. The molecule has 0 rings (SSSR count). The predicted octanol–water partition coefficient (Wildman–Crippen LogP) is 1.61. The molecular formula is C9H18O3. The van der Waals surface area contributed by atoms with E-state index in [2.05, 4.69) is 4.74 Å². The molecule has 0 spiro atoms. The van der Waals surface area contributed by atoms with Crippen molar-refractivity contribution in [2.45, 2.75) is 27.2 Å². The van der Waals surface area contributed by atoms with E-state index in [4.69, 9.17) is 4.74 Å². The van der Waals surface area contributed by atoms with Crippen LogP contribution >= 0.6 is 0 Å². The molecule has 0 fully saturated rings. The lowest BCUT2D eigenvalue weighted by molar-refractivity contribution is -0.151. The summed E-state index contributed by atoms with van der Waals surface area (Å²) in [7, 11) is 1.41. The van der Waals surface area contributed by atoms with Crippen LogP contribution in [-0.4, -0.2) is 26.3 Å². The van der Waals surface area contributed by atoms with Crippen LogP contribution < -0.4 is 0 Å². The van der Waals surface area contributed by atoms with Crippen molar-refractivity contribution in [1.82, 2.24) is 0 Å². The van der Waals surface area contributed by atoms with E-state index in [1.54, 1.807) is 0 Å². The Morgan fingerprint density at radius 2 is 2.00 bits per heavy atom. The lowest BCUT2D eigenvalue weighted by Crippen LogP contribution is -2.27. The van der Waals surface area contributed by atoms with E-state index in [1.165, 1.54) is 7.11 Å². The van der Waals surface area contributed by atoms with Gasteiger partial charge in [0.2, 0.25) is 0 Å². The number of esters is 1. The molecule has 0 amide bonds. The minimum absolute atomic E-state index is 0.179. The topological polar surface area (TPSA) is 35.5 Å². The zero-order valence-corrected chi connectivity index (χ0v) is 8.35. The Morgan fingerprint density at radius 1 is 1.42 bits per heavy atom. The summed E-state index contributed by atoms with van der Waals surface area (Å²) in [5.41, 5.74) is -0.427. The number of hydrogen-bond acceptors (Lipinski definition) is 3. The van der Waals surface area contributed by atoms with E-state index >= 15 is 0 Å². The molecule has 0 aromatic heterocycles. The summed E-state index contributed by atoms with van der Waals surface area (Å²) in [5, 5.41) is 0. The van der Waals surface area contributed by atoms with E-state index in [-0.39, 0.29) is 5.97 Å². The predicted molar refractivity (Wildman–Crippen MR) is 46.9 cm³/mol. The Labute approximate surface area is 74.0 Å². The second-order valence-corrected chi connectivity index (χ2v) is 3.32. The molecule has 0 atom stereocenters. The fourth-order valence-corrected chi connectivity index (χ4v) is 0.850. The van der Waals surface area contributed by atoms with E-state index in [0.717, 1.165) is 0 Å². The van der Waals surface area contributed by atoms with Crippen molar-refractivity contribution in [2.24, 2.45) is 5.41 Å². The Balaban J connectivity index is 3.78. The molecule has 0 aromatic rings. The van der Waals surface area contributed by atoms with Crippen LogP contribution in [0.5, 0.6) is 0 Å². The van der Waals surface area contributed by atoms with Crippen molar-refractivity contribution in [2.75, 3.05) is 20.3 Å². The molecular weight excluding hydrogens is 156 g/mol. The number of carbonyl (C=O) groups excluding carboxylic acids is 1. The highest BCUT2D eigenvalue weighted by atomic mass is 16.5. The van der Waals surface area contributed by atoms with Crippen molar-refractivity contribution in [3.05, 3.63) is 0 Å². The highest BCUT2D eigenvalue weighted by Crippen LogP contribution is 2.21. The molecule has 0 bridgehead atoms. The van der Waals surface area contributed by atoms with Crippen LogP contribution in [0.3, 0.4) is 0 Å². The fourth-order valence-electron chi connectivity index (χ4n) is 0.850. The molecule has 3 heteroatoms. The van der Waals surface area contributed by atoms with E-state index in [0.29, 0.717) is 19.6 Å². The third-order valence-corrected chi connectivity index (χ3v) is 1.81. The van der Waals surface area contributed by atoms with Gasteiger partial charge in [-0.2, -0.15) is 0 Å². The normalized spacial score (nSPS) is 11.3. The van der Waals surface area contributed by atoms with Gasteiger partial charge in [0.05, 0.1) is 12.5 Å². The van der Waals surface area contributed by atoms with Gasteiger partial charge in [-0.05, 0) is 27.2 Å². The lowest BCUT2D eigenvalue weighted by Gasteiger charge is -2.20. The van der Waals surface area contributed by atoms with Crippen LogP contribution in [0.4, 0.5) is 0 Å². The first-order valence-electron chi connectivity index (χ1n) is 4.20. The van der Waals surface area contributed by atoms with Gasteiger partial charge in [-0.1, -0.05) is 0 Å². The first-order chi connectivity index (χ1) is 5.54. The molecule has 0 N–H and O–H groups in total. The Morgan fingerprint density at radius 3 is 2.42 bits per heavy atom. The van der Waals surface area contributed by atoms with Gasteiger partial charge < -0.3 is 9.47 Å². The number of rotatable bonds is 5. The summed E-state index contributed by atoms with van der Waals surface area (Å²) in [4.78, 5) is 11.1. The van der Waals surface area contributed by atoms with Crippen molar-refractivity contribution >= 4 is 5.97 Å². The SMILES string of the molecule is CCOCCC(C)(C)C(=O)OC. The Hall–Kier alpha value is -0.570. The molecule has 0 radical (unpaired) electrons. The van der Waals surface area contributed by atoms with Crippen molar-refractivity contribution < 1.29 is 14.3 Å². The van der Waals surface area contributed by atoms with Gasteiger partial charge in [0, 0.05) is 13.2 Å². The number of ether oxygens (including phenoxy) is 2. The average molecular weight is 174 g/mol. The third kappa shape index (κ3) is 3.72. The van der Waals surface area contributed by atoms with Crippen LogP contribution in [0.25, 0.3) is 0 Å². The molecule has 12 heavy (non-hydrogen) atoms. The summed E-state index contributed by atoms with van der Waals surface area (Å²) in [6, 6.07) is 0. The molecule has 0 aliphatic carbocycles. The third-order valence-electron chi connectivity index (χ3n) is 1.81. The quantitative estimate of drug-likeness (QED) is 0.469. The largest absolute Gasteiger partial charge is 0.469 e. The van der Waals surface area contributed by atoms with Gasteiger partial charge in [0.25, 0.3) is 0 Å². The van der Waals surface area contributed by atoms with Gasteiger partial charge in [0.1, 0.15) is 0 Å². The minimum Gasteiger partial charge on any atom is -0.469 e. The molecule has 0 saturated carbocycles. The molecule has 0 aliphatic rings. The zero-order chi connectivity index (χ0) is 9.61. The summed E-state index contributed by atoms with van der Waals surface area (Å²) in [5.74, 6) is -0.179. The molecule has 72 valence electrons. The van der Waals surface area contributed by atoms with E-state index in [1.807, 2.05) is 20.8 Å². The summed E-state index contributed by atoms with van der Waals surface area (Å²) in [6.45, 7) is 6.96. The standard InChI is InChI=1S/C9H18O3/c1-5-12-7-6-9(2,3)8(10)11-4/h5-7H2,1-4H3. The maximum atomic E-state index is 11.1. The van der Waals surface area contributed by atoms with Gasteiger partial charge in [-0.3, -0.25) is 4.79 Å². The average Bonchev–Trinajstić information content (AvgIpc) is 2.03. The Kier molecular flexibility index (Phi) is 4.90. The fraction of sp³-hybridized carbons (Fsp3) is 0.889. The lowest BCUT2D eigenvalue weighted by atomic mass is 9.90. The monoisotopic (exact) mass is 174 g/mol. The maximum Gasteiger partial charge on any atom is 0.311 e. The van der Waals surface area contributed by atoms with E-state index < -0.39 is 5.41 Å². The van der Waals surface area contributed by atoms with Gasteiger partial charge >= 0.3 is 5.97 Å². The van der Waals surface area contributed by atoms with Gasteiger partial charge in [-0.15, -0.1) is 0 Å². The first-order valence-corrected chi connectivity index (χ1v) is 4.20. The minimum atomic E-state index is -0.427. The van der Waals surface area contributed by atoms with Crippen LogP contribution in [0.15, 0.2) is 0 Å². The summed E-state index contributed by atoms with van der Waals surface area (Å²) in [6.07, 6.45) is 0.702.